The standard InChI is InChI=1S/C35H22N2OS/c1-3-8-24(9-4-1)32-20-21-33(39-32)25-16-14-23(15-17-25)27-18-19-29-31(22-27)38-30-13-7-12-28-34(30)37(29)35(36-28)26-10-5-2-6-11-26/h1-22H. The van der Waals surface area contributed by atoms with Crippen molar-refractivity contribution in [1.29, 1.82) is 0 Å². The Labute approximate surface area is 230 Å². The lowest BCUT2D eigenvalue weighted by molar-refractivity contribution is 0.476. The molecule has 0 amide bonds. The molecular weight excluding hydrogens is 496 g/mol. The van der Waals surface area contributed by atoms with Gasteiger partial charge in [0.1, 0.15) is 11.3 Å². The zero-order valence-corrected chi connectivity index (χ0v) is 21.7. The van der Waals surface area contributed by atoms with Gasteiger partial charge in [-0.15, -0.1) is 11.3 Å². The normalized spacial score (nSPS) is 11.8. The fourth-order valence-electron chi connectivity index (χ4n) is 5.35. The van der Waals surface area contributed by atoms with Crippen LogP contribution in [-0.4, -0.2) is 9.55 Å². The van der Waals surface area contributed by atoms with Crippen molar-refractivity contribution >= 4 is 22.4 Å². The van der Waals surface area contributed by atoms with Crippen molar-refractivity contribution in [3.8, 4) is 60.6 Å². The van der Waals surface area contributed by atoms with Crippen molar-refractivity contribution in [3.05, 3.63) is 133 Å². The molecule has 3 heterocycles. The molecule has 0 saturated carbocycles. The molecule has 0 unspecified atom stereocenters. The Morgan fingerprint density at radius 3 is 1.90 bits per heavy atom. The zero-order chi connectivity index (χ0) is 25.8. The summed E-state index contributed by atoms with van der Waals surface area (Å²) in [4.78, 5) is 7.53. The Bertz CT molecular complexity index is 1970. The molecule has 0 N–H and O–H groups in total. The van der Waals surface area contributed by atoms with Gasteiger partial charge < -0.3 is 4.74 Å². The van der Waals surface area contributed by atoms with Crippen molar-refractivity contribution in [3.63, 3.8) is 0 Å². The van der Waals surface area contributed by atoms with Gasteiger partial charge >= 0.3 is 0 Å². The molecule has 4 heteroatoms. The Morgan fingerprint density at radius 1 is 0.513 bits per heavy atom. The van der Waals surface area contributed by atoms with E-state index >= 15 is 0 Å². The number of nitrogens with zero attached hydrogens (tertiary/aromatic N) is 2. The SMILES string of the molecule is c1ccc(-c2ccc(-c3ccc(-c4ccc5c(c4)Oc4cccc6nc(-c7ccccc7)n-5c46)cc3)s2)cc1. The minimum atomic E-state index is 0.828. The van der Waals surface area contributed by atoms with E-state index in [2.05, 4.69) is 114 Å². The Morgan fingerprint density at radius 2 is 1.15 bits per heavy atom. The minimum absolute atomic E-state index is 0.828. The third-order valence-corrected chi connectivity index (χ3v) is 8.44. The van der Waals surface area contributed by atoms with Gasteiger partial charge in [-0.3, -0.25) is 4.57 Å². The predicted octanol–water partition coefficient (Wildman–Crippen LogP) is 9.86. The number of imidazole rings is 1. The number of hydrogen-bond donors (Lipinski definition) is 0. The van der Waals surface area contributed by atoms with E-state index < -0.39 is 0 Å². The van der Waals surface area contributed by atoms with Crippen molar-refractivity contribution in [2.75, 3.05) is 0 Å². The molecule has 2 aromatic heterocycles. The summed E-state index contributed by atoms with van der Waals surface area (Å²) < 4.78 is 8.67. The average molecular weight is 519 g/mol. The van der Waals surface area contributed by atoms with E-state index in [0.717, 1.165) is 50.7 Å². The van der Waals surface area contributed by atoms with E-state index in [4.69, 9.17) is 9.72 Å². The summed E-state index contributed by atoms with van der Waals surface area (Å²) in [6.07, 6.45) is 0. The number of ether oxygens (including phenoxy) is 1. The second-order valence-corrected chi connectivity index (χ2v) is 10.7. The van der Waals surface area contributed by atoms with E-state index in [9.17, 15) is 0 Å². The van der Waals surface area contributed by atoms with Crippen LogP contribution in [0.25, 0.3) is 60.1 Å². The highest BCUT2D eigenvalue weighted by molar-refractivity contribution is 7.18. The number of aromatic nitrogens is 2. The first kappa shape index (κ1) is 22.1. The Balaban J connectivity index is 1.16. The lowest BCUT2D eigenvalue weighted by atomic mass is 10.0. The Kier molecular flexibility index (Phi) is 5.00. The number of para-hydroxylation sites is 1. The van der Waals surface area contributed by atoms with Crippen LogP contribution in [0.5, 0.6) is 11.5 Å². The number of rotatable bonds is 4. The van der Waals surface area contributed by atoms with Gasteiger partial charge in [0.05, 0.1) is 11.2 Å². The van der Waals surface area contributed by atoms with Crippen LogP contribution in [0.15, 0.2) is 133 Å². The van der Waals surface area contributed by atoms with Gasteiger partial charge in [0, 0.05) is 15.3 Å². The molecule has 7 aromatic rings. The van der Waals surface area contributed by atoms with Crippen LogP contribution < -0.4 is 4.74 Å². The minimum Gasteiger partial charge on any atom is -0.453 e. The van der Waals surface area contributed by atoms with Gasteiger partial charge in [0.15, 0.2) is 11.5 Å². The molecule has 1 aliphatic heterocycles. The number of thiophene rings is 1. The van der Waals surface area contributed by atoms with E-state index in [1.807, 2.05) is 35.6 Å². The highest BCUT2D eigenvalue weighted by Crippen LogP contribution is 2.45. The third kappa shape index (κ3) is 3.69. The van der Waals surface area contributed by atoms with E-state index in [-0.39, 0.29) is 0 Å². The first-order valence-electron chi connectivity index (χ1n) is 13.0. The molecule has 3 nitrogen and oxygen atoms in total. The molecule has 0 aliphatic carbocycles. The topological polar surface area (TPSA) is 27.1 Å². The van der Waals surface area contributed by atoms with Crippen LogP contribution in [0.1, 0.15) is 0 Å². The molecule has 0 radical (unpaired) electrons. The summed E-state index contributed by atoms with van der Waals surface area (Å²) in [5.74, 6) is 2.58. The van der Waals surface area contributed by atoms with Crippen LogP contribution >= 0.6 is 11.3 Å². The summed E-state index contributed by atoms with van der Waals surface area (Å²) in [5.41, 5.74) is 8.77. The first-order chi connectivity index (χ1) is 19.3. The smallest absolute Gasteiger partial charge is 0.153 e. The van der Waals surface area contributed by atoms with Gasteiger partial charge in [0.2, 0.25) is 0 Å². The lowest BCUT2D eigenvalue weighted by Gasteiger charge is -2.22. The summed E-state index contributed by atoms with van der Waals surface area (Å²) in [6, 6.07) is 46.6. The summed E-state index contributed by atoms with van der Waals surface area (Å²) >= 11 is 1.82. The van der Waals surface area contributed by atoms with Gasteiger partial charge in [-0.1, -0.05) is 97.1 Å². The van der Waals surface area contributed by atoms with E-state index in [1.54, 1.807) is 0 Å². The number of fused-ring (bicyclic) bond motifs is 2. The molecule has 8 rings (SSSR count). The summed E-state index contributed by atoms with van der Waals surface area (Å²) in [6.45, 7) is 0. The zero-order valence-electron chi connectivity index (χ0n) is 20.9. The monoisotopic (exact) mass is 518 g/mol. The van der Waals surface area contributed by atoms with Crippen molar-refractivity contribution in [1.82, 2.24) is 9.55 Å². The highest BCUT2D eigenvalue weighted by Gasteiger charge is 2.25. The molecule has 0 spiro atoms. The molecular formula is C35H22N2OS. The molecule has 0 saturated heterocycles. The molecule has 1 aliphatic rings. The van der Waals surface area contributed by atoms with Crippen molar-refractivity contribution in [2.45, 2.75) is 0 Å². The third-order valence-electron chi connectivity index (χ3n) is 7.26. The van der Waals surface area contributed by atoms with Crippen LogP contribution in [0.2, 0.25) is 0 Å². The van der Waals surface area contributed by atoms with Crippen LogP contribution in [0, 0.1) is 0 Å². The quantitative estimate of drug-likeness (QED) is 0.232. The maximum absolute atomic E-state index is 6.44. The summed E-state index contributed by atoms with van der Waals surface area (Å²) in [7, 11) is 0. The maximum Gasteiger partial charge on any atom is 0.153 e. The average Bonchev–Trinajstić information content (AvgIpc) is 3.65. The fourth-order valence-corrected chi connectivity index (χ4v) is 6.37. The Hall–Kier alpha value is -4.93. The van der Waals surface area contributed by atoms with E-state index in [1.165, 1.54) is 20.9 Å². The lowest BCUT2D eigenvalue weighted by Crippen LogP contribution is -2.05. The number of hydrogen-bond acceptors (Lipinski definition) is 3. The largest absolute Gasteiger partial charge is 0.453 e. The molecule has 0 atom stereocenters. The second kappa shape index (κ2) is 8.83. The van der Waals surface area contributed by atoms with Gasteiger partial charge in [0.25, 0.3) is 0 Å². The highest BCUT2D eigenvalue weighted by atomic mass is 32.1. The van der Waals surface area contributed by atoms with E-state index in [0.29, 0.717) is 0 Å². The van der Waals surface area contributed by atoms with Gasteiger partial charge in [-0.25, -0.2) is 4.98 Å². The second-order valence-electron chi connectivity index (χ2n) is 9.65. The van der Waals surface area contributed by atoms with Crippen molar-refractivity contribution < 1.29 is 4.74 Å². The molecule has 184 valence electrons. The molecule has 0 bridgehead atoms. The molecule has 5 aromatic carbocycles. The molecule has 0 fully saturated rings. The maximum atomic E-state index is 6.44. The van der Waals surface area contributed by atoms with Crippen LogP contribution in [0.3, 0.4) is 0 Å². The summed E-state index contributed by atoms with van der Waals surface area (Å²) in [5, 5.41) is 0. The first-order valence-corrected chi connectivity index (χ1v) is 13.8. The van der Waals surface area contributed by atoms with Crippen LogP contribution in [0.4, 0.5) is 0 Å². The fraction of sp³-hybridized carbons (Fsp3) is 0. The van der Waals surface area contributed by atoms with Gasteiger partial charge in [-0.2, -0.15) is 0 Å². The molecule has 39 heavy (non-hydrogen) atoms. The van der Waals surface area contributed by atoms with Crippen LogP contribution in [-0.2, 0) is 0 Å². The predicted molar refractivity (Wildman–Crippen MR) is 161 cm³/mol. The van der Waals surface area contributed by atoms with Gasteiger partial charge in [-0.05, 0) is 58.7 Å². The number of benzene rings is 5. The van der Waals surface area contributed by atoms with Crippen molar-refractivity contribution in [2.24, 2.45) is 0 Å².